The predicted octanol–water partition coefficient (Wildman–Crippen LogP) is 7.67. The standard InChI is InChI=1S/C38H42FN5O/c1-2-22-6-3-7-23-18-28(45)19-30(32(22)23)35-33(39)36-31(21-40-35)34(25-16-26-9-10-27(17-25)41-26)42-37(43-36)29-11-8-24(29)20-38-12-4-14-44(38)15-5-13-38/h3,6-7,16,18-19,21,24,26-27,29,41,45H,2,4-5,8-15,17,20H2,1H3. The molecule has 0 spiro atoms. The van der Waals surface area contributed by atoms with E-state index in [0.717, 1.165) is 60.0 Å². The lowest BCUT2D eigenvalue weighted by Crippen LogP contribution is -2.43. The number of halogens is 1. The third-order valence-electron chi connectivity index (χ3n) is 12.0. The fourth-order valence-electron chi connectivity index (χ4n) is 9.74. The van der Waals surface area contributed by atoms with Gasteiger partial charge in [-0.2, -0.15) is 0 Å². The van der Waals surface area contributed by atoms with Gasteiger partial charge < -0.3 is 10.4 Å². The van der Waals surface area contributed by atoms with Gasteiger partial charge in [0.25, 0.3) is 0 Å². The fraction of sp³-hybridized carbons (Fsp3) is 0.500. The van der Waals surface area contributed by atoms with Crippen LogP contribution in [0.4, 0.5) is 4.39 Å². The van der Waals surface area contributed by atoms with Crippen molar-refractivity contribution in [2.24, 2.45) is 5.92 Å². The van der Waals surface area contributed by atoms with E-state index in [2.05, 4.69) is 29.3 Å². The van der Waals surface area contributed by atoms with Crippen LogP contribution in [0.25, 0.3) is 38.5 Å². The molecular formula is C38H42FN5O. The van der Waals surface area contributed by atoms with Gasteiger partial charge >= 0.3 is 0 Å². The maximum absolute atomic E-state index is 17.1. The number of nitrogens with one attached hydrogen (secondary N) is 1. The van der Waals surface area contributed by atoms with Crippen LogP contribution in [0, 0.1) is 11.7 Å². The number of aromatic nitrogens is 3. The second-order valence-corrected chi connectivity index (χ2v) is 14.5. The van der Waals surface area contributed by atoms with Crippen molar-refractivity contribution < 1.29 is 9.50 Å². The summed E-state index contributed by atoms with van der Waals surface area (Å²) in [5.74, 6) is 1.30. The van der Waals surface area contributed by atoms with Gasteiger partial charge in [0.15, 0.2) is 5.82 Å². The van der Waals surface area contributed by atoms with E-state index in [1.54, 1.807) is 18.3 Å². The van der Waals surface area contributed by atoms with Crippen LogP contribution in [-0.4, -0.2) is 55.7 Å². The van der Waals surface area contributed by atoms with Gasteiger partial charge in [-0.15, -0.1) is 0 Å². The van der Waals surface area contributed by atoms with Crippen LogP contribution >= 0.6 is 0 Å². The number of hydrogen-bond acceptors (Lipinski definition) is 6. The Morgan fingerprint density at radius 3 is 2.69 bits per heavy atom. The number of rotatable bonds is 6. The van der Waals surface area contributed by atoms with Gasteiger partial charge in [0.05, 0.1) is 5.69 Å². The zero-order valence-electron chi connectivity index (χ0n) is 26.2. The number of phenolic OH excluding ortho intramolecular Hbond substituents is 1. The summed E-state index contributed by atoms with van der Waals surface area (Å²) in [5.41, 5.74) is 4.76. The lowest BCUT2D eigenvalue weighted by atomic mass is 9.66. The van der Waals surface area contributed by atoms with Gasteiger partial charge in [-0.1, -0.05) is 31.2 Å². The molecule has 2 aromatic carbocycles. The monoisotopic (exact) mass is 603 g/mol. The number of phenols is 1. The van der Waals surface area contributed by atoms with E-state index in [1.807, 2.05) is 12.1 Å². The molecule has 2 aromatic heterocycles. The first-order chi connectivity index (χ1) is 22.0. The Bertz CT molecular complexity index is 1860. The molecule has 9 rings (SSSR count). The van der Waals surface area contributed by atoms with Gasteiger partial charge in [0, 0.05) is 40.7 Å². The van der Waals surface area contributed by atoms with Crippen molar-refractivity contribution in [2.75, 3.05) is 13.1 Å². The molecule has 1 aliphatic carbocycles. The number of aromatic hydroxyl groups is 1. The molecular weight excluding hydrogens is 561 g/mol. The largest absolute Gasteiger partial charge is 0.508 e. The summed E-state index contributed by atoms with van der Waals surface area (Å²) in [6.07, 6.45) is 16.8. The van der Waals surface area contributed by atoms with E-state index < -0.39 is 5.82 Å². The molecule has 45 heavy (non-hydrogen) atoms. The second kappa shape index (κ2) is 10.6. The molecule has 4 aliphatic heterocycles. The maximum atomic E-state index is 17.1. The molecule has 6 nitrogen and oxygen atoms in total. The zero-order chi connectivity index (χ0) is 30.3. The lowest BCUT2D eigenvalue weighted by molar-refractivity contribution is 0.106. The van der Waals surface area contributed by atoms with Crippen LogP contribution in [0.5, 0.6) is 5.75 Å². The molecule has 5 aliphatic rings. The van der Waals surface area contributed by atoms with Crippen molar-refractivity contribution in [1.82, 2.24) is 25.2 Å². The molecule has 4 atom stereocenters. The Labute approximate surface area is 264 Å². The van der Waals surface area contributed by atoms with Crippen molar-refractivity contribution in [2.45, 2.75) is 101 Å². The minimum absolute atomic E-state index is 0.107. The van der Waals surface area contributed by atoms with Gasteiger partial charge in [-0.3, -0.25) is 9.88 Å². The van der Waals surface area contributed by atoms with Gasteiger partial charge in [0.1, 0.15) is 22.8 Å². The number of hydrogen-bond donors (Lipinski definition) is 2. The predicted molar refractivity (Wildman–Crippen MR) is 177 cm³/mol. The van der Waals surface area contributed by atoms with E-state index in [4.69, 9.17) is 15.0 Å². The average molecular weight is 604 g/mol. The quantitative estimate of drug-likeness (QED) is 0.236. The molecule has 7 heteroatoms. The Kier molecular flexibility index (Phi) is 6.54. The summed E-state index contributed by atoms with van der Waals surface area (Å²) in [5, 5.41) is 16.9. The van der Waals surface area contributed by atoms with E-state index in [-0.39, 0.29) is 17.4 Å². The summed E-state index contributed by atoms with van der Waals surface area (Å²) in [6, 6.07) is 10.2. The molecule has 2 N–H and O–H groups in total. The first-order valence-corrected chi connectivity index (χ1v) is 17.3. The third-order valence-corrected chi connectivity index (χ3v) is 12.0. The van der Waals surface area contributed by atoms with Gasteiger partial charge in [0.2, 0.25) is 0 Å². The summed E-state index contributed by atoms with van der Waals surface area (Å²) in [7, 11) is 0. The minimum atomic E-state index is -0.417. The SMILES string of the molecule is CCc1cccc2cc(O)cc(-c3ncc4c(C5=CC6CCC(C5)N6)nc(C5CCC5CC56CCCN5CCC6)nc4c3F)c12. The van der Waals surface area contributed by atoms with Crippen LogP contribution in [-0.2, 0) is 6.42 Å². The molecule has 0 radical (unpaired) electrons. The van der Waals surface area contributed by atoms with Crippen molar-refractivity contribution in [3.63, 3.8) is 0 Å². The third kappa shape index (κ3) is 4.44. The summed E-state index contributed by atoms with van der Waals surface area (Å²) in [6.45, 7) is 4.58. The number of aryl methyl sites for hydroxylation is 1. The average Bonchev–Trinajstić information content (AvgIpc) is 3.72. The first-order valence-electron chi connectivity index (χ1n) is 17.3. The van der Waals surface area contributed by atoms with Crippen LogP contribution < -0.4 is 5.32 Å². The van der Waals surface area contributed by atoms with Crippen molar-refractivity contribution in [3.8, 4) is 17.0 Å². The highest BCUT2D eigenvalue weighted by Crippen LogP contribution is 2.52. The number of pyridine rings is 1. The molecule has 6 heterocycles. The normalized spacial score (nSPS) is 27.2. The fourth-order valence-corrected chi connectivity index (χ4v) is 9.74. The van der Waals surface area contributed by atoms with Crippen LogP contribution in [0.1, 0.15) is 94.1 Å². The van der Waals surface area contributed by atoms with Crippen molar-refractivity contribution in [1.29, 1.82) is 0 Å². The zero-order valence-corrected chi connectivity index (χ0v) is 26.2. The smallest absolute Gasteiger partial charge is 0.175 e. The Hall–Kier alpha value is -3.42. The van der Waals surface area contributed by atoms with E-state index in [9.17, 15) is 5.11 Å². The molecule has 0 amide bonds. The number of benzene rings is 2. The molecule has 4 aromatic rings. The highest BCUT2D eigenvalue weighted by molar-refractivity contribution is 6.01. The van der Waals surface area contributed by atoms with E-state index >= 15 is 4.39 Å². The number of nitrogens with zero attached hydrogens (tertiary/aromatic N) is 4. The van der Waals surface area contributed by atoms with Crippen LogP contribution in [0.3, 0.4) is 0 Å². The number of fused-ring (bicyclic) bond motifs is 5. The lowest BCUT2D eigenvalue weighted by Gasteiger charge is -2.43. The molecule has 4 fully saturated rings. The highest BCUT2D eigenvalue weighted by atomic mass is 19.1. The molecule has 2 bridgehead atoms. The molecule has 3 saturated heterocycles. The summed E-state index contributed by atoms with van der Waals surface area (Å²) < 4.78 is 17.1. The Morgan fingerprint density at radius 2 is 1.91 bits per heavy atom. The minimum Gasteiger partial charge on any atom is -0.508 e. The summed E-state index contributed by atoms with van der Waals surface area (Å²) >= 11 is 0. The molecule has 4 unspecified atom stereocenters. The van der Waals surface area contributed by atoms with Crippen LogP contribution in [0.15, 0.2) is 42.6 Å². The van der Waals surface area contributed by atoms with Crippen molar-refractivity contribution in [3.05, 3.63) is 65.5 Å². The Balaban J connectivity index is 1.20. The van der Waals surface area contributed by atoms with E-state index in [0.29, 0.717) is 40.0 Å². The Morgan fingerprint density at radius 1 is 1.04 bits per heavy atom. The van der Waals surface area contributed by atoms with Crippen LogP contribution in [0.2, 0.25) is 0 Å². The first kappa shape index (κ1) is 27.9. The topological polar surface area (TPSA) is 74.2 Å². The second-order valence-electron chi connectivity index (χ2n) is 14.5. The molecule has 1 saturated carbocycles. The van der Waals surface area contributed by atoms with Crippen molar-refractivity contribution >= 4 is 27.2 Å². The van der Waals surface area contributed by atoms with Gasteiger partial charge in [-0.25, -0.2) is 14.4 Å². The summed E-state index contributed by atoms with van der Waals surface area (Å²) in [4.78, 5) is 17.9. The van der Waals surface area contributed by atoms with Gasteiger partial charge in [-0.05, 0) is 124 Å². The molecule has 232 valence electrons. The maximum Gasteiger partial charge on any atom is 0.175 e. The highest BCUT2D eigenvalue weighted by Gasteiger charge is 2.48. The van der Waals surface area contributed by atoms with E-state index in [1.165, 1.54) is 57.2 Å².